The van der Waals surface area contributed by atoms with E-state index in [9.17, 15) is 26.4 Å². The highest BCUT2D eigenvalue weighted by Gasteiger charge is 2.54. The zero-order valence-corrected chi connectivity index (χ0v) is 21.3. The van der Waals surface area contributed by atoms with Gasteiger partial charge in [-0.1, -0.05) is 43.0 Å². The SMILES string of the molecule is C=CC(C)(C)OC(=O)C1(S(=O)(=O)c2ccc(-c3ccc(CCCC(F)(F)F)cc3)cc2)CCOCC1. The third-order valence-corrected chi connectivity index (χ3v) is 8.91. The Balaban J connectivity index is 1.81. The molecule has 196 valence electrons. The smallest absolute Gasteiger partial charge is 0.389 e. The number of hydrogen-bond donors (Lipinski definition) is 0. The summed E-state index contributed by atoms with van der Waals surface area (Å²) in [7, 11) is -4.11. The molecule has 0 radical (unpaired) electrons. The van der Waals surface area contributed by atoms with E-state index >= 15 is 0 Å². The second kappa shape index (κ2) is 10.8. The van der Waals surface area contributed by atoms with Crippen LogP contribution in [-0.2, 0) is 30.5 Å². The molecule has 0 amide bonds. The average Bonchev–Trinajstić information content (AvgIpc) is 2.84. The molecule has 5 nitrogen and oxygen atoms in total. The Hall–Kier alpha value is -2.65. The fourth-order valence-electron chi connectivity index (χ4n) is 4.07. The maximum atomic E-state index is 13.7. The van der Waals surface area contributed by atoms with Crippen LogP contribution >= 0.6 is 0 Å². The van der Waals surface area contributed by atoms with Crippen LogP contribution in [0.2, 0.25) is 0 Å². The molecule has 0 aliphatic carbocycles. The van der Waals surface area contributed by atoms with E-state index in [1.807, 2.05) is 0 Å². The molecule has 0 N–H and O–H groups in total. The second-order valence-corrected chi connectivity index (χ2v) is 11.8. The Morgan fingerprint density at radius 2 is 1.56 bits per heavy atom. The first-order chi connectivity index (χ1) is 16.8. The molecule has 2 aromatic carbocycles. The van der Waals surface area contributed by atoms with Crippen molar-refractivity contribution in [3.63, 3.8) is 0 Å². The molecular formula is C27H31F3O5S. The minimum atomic E-state index is -4.16. The number of rotatable bonds is 9. The van der Waals surface area contributed by atoms with Crippen molar-refractivity contribution in [3.05, 3.63) is 66.7 Å². The van der Waals surface area contributed by atoms with Gasteiger partial charge in [-0.3, -0.25) is 4.79 Å². The highest BCUT2D eigenvalue weighted by Crippen LogP contribution is 2.38. The van der Waals surface area contributed by atoms with Gasteiger partial charge in [0, 0.05) is 32.5 Å². The Kier molecular flexibility index (Phi) is 8.35. The lowest BCUT2D eigenvalue weighted by Crippen LogP contribution is -2.53. The van der Waals surface area contributed by atoms with E-state index in [1.165, 1.54) is 18.2 Å². The van der Waals surface area contributed by atoms with Crippen molar-refractivity contribution >= 4 is 15.8 Å². The van der Waals surface area contributed by atoms with E-state index in [0.29, 0.717) is 6.42 Å². The monoisotopic (exact) mass is 524 g/mol. The first kappa shape index (κ1) is 27.9. The number of sulfone groups is 1. The molecule has 1 fully saturated rings. The fourth-order valence-corrected chi connectivity index (χ4v) is 5.98. The van der Waals surface area contributed by atoms with Gasteiger partial charge in [0.2, 0.25) is 0 Å². The third-order valence-electron chi connectivity index (χ3n) is 6.41. The summed E-state index contributed by atoms with van der Waals surface area (Å²) in [5.74, 6) is -0.819. The van der Waals surface area contributed by atoms with Crippen molar-refractivity contribution in [2.24, 2.45) is 0 Å². The predicted molar refractivity (Wildman–Crippen MR) is 131 cm³/mol. The molecule has 0 atom stereocenters. The topological polar surface area (TPSA) is 69.7 Å². The summed E-state index contributed by atoms with van der Waals surface area (Å²) in [5.41, 5.74) is 1.31. The van der Waals surface area contributed by atoms with Gasteiger partial charge in [-0.25, -0.2) is 8.42 Å². The van der Waals surface area contributed by atoms with Crippen LogP contribution in [0.25, 0.3) is 11.1 Å². The molecule has 0 saturated carbocycles. The number of carbonyl (C=O) groups is 1. The van der Waals surface area contributed by atoms with Crippen LogP contribution in [0, 0.1) is 0 Å². The van der Waals surface area contributed by atoms with Gasteiger partial charge < -0.3 is 9.47 Å². The summed E-state index contributed by atoms with van der Waals surface area (Å²) in [6, 6.07) is 13.4. The normalized spacial score (nSPS) is 16.4. The summed E-state index contributed by atoms with van der Waals surface area (Å²) in [4.78, 5) is 13.2. The lowest BCUT2D eigenvalue weighted by atomic mass is 9.98. The number of halogens is 3. The number of alkyl halides is 3. The Bertz CT molecular complexity index is 1160. The summed E-state index contributed by atoms with van der Waals surface area (Å²) in [5, 5.41) is 0. The zero-order chi connectivity index (χ0) is 26.6. The zero-order valence-electron chi connectivity index (χ0n) is 20.4. The summed E-state index contributed by atoms with van der Waals surface area (Å²) in [6.45, 7) is 7.15. The number of benzene rings is 2. The van der Waals surface area contributed by atoms with E-state index in [2.05, 4.69) is 6.58 Å². The fraction of sp³-hybridized carbons (Fsp3) is 0.444. The molecule has 9 heteroatoms. The molecular weight excluding hydrogens is 493 g/mol. The van der Waals surface area contributed by atoms with Gasteiger partial charge in [-0.05, 0) is 61.6 Å². The molecule has 1 saturated heterocycles. The van der Waals surface area contributed by atoms with Crippen molar-refractivity contribution in [1.29, 1.82) is 0 Å². The first-order valence-corrected chi connectivity index (χ1v) is 13.2. The van der Waals surface area contributed by atoms with Crippen LogP contribution < -0.4 is 0 Å². The van der Waals surface area contributed by atoms with E-state index in [-0.39, 0.29) is 37.4 Å². The van der Waals surface area contributed by atoms with Crippen molar-refractivity contribution in [2.75, 3.05) is 13.2 Å². The number of carbonyl (C=O) groups excluding carboxylic acids is 1. The maximum absolute atomic E-state index is 13.7. The molecule has 0 spiro atoms. The quantitative estimate of drug-likeness (QED) is 0.294. The van der Waals surface area contributed by atoms with E-state index in [0.717, 1.165) is 16.7 Å². The maximum Gasteiger partial charge on any atom is 0.389 e. The van der Waals surface area contributed by atoms with Gasteiger partial charge in [0.25, 0.3) is 0 Å². The van der Waals surface area contributed by atoms with Crippen LogP contribution in [-0.4, -0.2) is 44.1 Å². The van der Waals surface area contributed by atoms with E-state index in [1.54, 1.807) is 50.2 Å². The molecule has 2 aromatic rings. The molecule has 1 heterocycles. The first-order valence-electron chi connectivity index (χ1n) is 11.8. The lowest BCUT2D eigenvalue weighted by molar-refractivity contribution is -0.158. The van der Waals surface area contributed by atoms with Crippen LogP contribution in [0.15, 0.2) is 66.1 Å². The largest absolute Gasteiger partial charge is 0.454 e. The Morgan fingerprint density at radius 1 is 1.03 bits per heavy atom. The highest BCUT2D eigenvalue weighted by molar-refractivity contribution is 7.93. The molecule has 0 aromatic heterocycles. The van der Waals surface area contributed by atoms with Crippen LogP contribution in [0.5, 0.6) is 0 Å². The number of aryl methyl sites for hydroxylation is 1. The molecule has 0 unspecified atom stereocenters. The van der Waals surface area contributed by atoms with Crippen LogP contribution in [0.3, 0.4) is 0 Å². The Labute approximate surface area is 210 Å². The average molecular weight is 525 g/mol. The van der Waals surface area contributed by atoms with Gasteiger partial charge >= 0.3 is 12.1 Å². The minimum absolute atomic E-state index is 0.00489. The van der Waals surface area contributed by atoms with Crippen molar-refractivity contribution < 1.29 is 35.9 Å². The van der Waals surface area contributed by atoms with E-state index in [4.69, 9.17) is 9.47 Å². The minimum Gasteiger partial charge on any atom is -0.454 e. The number of ether oxygens (including phenoxy) is 2. The Morgan fingerprint density at radius 3 is 2.06 bits per heavy atom. The van der Waals surface area contributed by atoms with Gasteiger partial charge in [0.1, 0.15) is 5.60 Å². The predicted octanol–water partition coefficient (Wildman–Crippen LogP) is 6.07. The van der Waals surface area contributed by atoms with E-state index < -0.39 is 38.8 Å². The summed E-state index contributed by atoms with van der Waals surface area (Å²) in [6.07, 6.45) is -3.23. The molecule has 36 heavy (non-hydrogen) atoms. The standard InChI is InChI=1S/C27H31F3O5S/c1-4-25(2,3)35-24(31)26(16-18-34-19-17-26)36(32,33)23-13-11-22(12-14-23)21-9-7-20(8-10-21)6-5-15-27(28,29)30/h4,7-14H,1,5-6,15-19H2,2-3H3. The third kappa shape index (κ3) is 6.37. The molecule has 1 aliphatic heterocycles. The summed E-state index contributed by atoms with van der Waals surface area (Å²) >= 11 is 0. The van der Waals surface area contributed by atoms with Gasteiger partial charge in [0.15, 0.2) is 14.6 Å². The van der Waals surface area contributed by atoms with Crippen molar-refractivity contribution in [2.45, 2.75) is 67.4 Å². The van der Waals surface area contributed by atoms with Crippen LogP contribution in [0.4, 0.5) is 13.2 Å². The van der Waals surface area contributed by atoms with Crippen LogP contribution in [0.1, 0.15) is 45.1 Å². The summed E-state index contributed by atoms with van der Waals surface area (Å²) < 4.78 is 73.6. The highest BCUT2D eigenvalue weighted by atomic mass is 32.2. The van der Waals surface area contributed by atoms with Crippen molar-refractivity contribution in [1.82, 2.24) is 0 Å². The van der Waals surface area contributed by atoms with Crippen molar-refractivity contribution in [3.8, 4) is 11.1 Å². The molecule has 3 rings (SSSR count). The molecule has 1 aliphatic rings. The second-order valence-electron chi connectivity index (χ2n) is 9.50. The lowest BCUT2D eigenvalue weighted by Gasteiger charge is -2.36. The number of hydrogen-bond acceptors (Lipinski definition) is 5. The van der Waals surface area contributed by atoms with Gasteiger partial charge in [-0.2, -0.15) is 13.2 Å². The number of esters is 1. The van der Waals surface area contributed by atoms with Gasteiger partial charge in [0.05, 0.1) is 4.90 Å². The van der Waals surface area contributed by atoms with Gasteiger partial charge in [-0.15, -0.1) is 0 Å². The molecule has 0 bridgehead atoms.